The third-order valence-electron chi connectivity index (χ3n) is 12.4. The number of carboxylic acids is 1. The number of alkyl halides is 6. The number of benzene rings is 1. The Morgan fingerprint density at radius 1 is 1.03 bits per heavy atom. The Morgan fingerprint density at radius 2 is 1.75 bits per heavy atom. The van der Waals surface area contributed by atoms with Crippen LogP contribution in [-0.2, 0) is 27.4 Å². The fraction of sp³-hybridized carbons (Fsp3) is 0.571. The van der Waals surface area contributed by atoms with Gasteiger partial charge >= 0.3 is 18.3 Å². The standard InChI is InChI=1S/C42H48F6N4O6S/c1-3-8-33-40(58-28-23-34(59-25-28)42(46,47)48,15-7-20-52(33)35(53)29-24-50-19-12-30(29)41(43,44)45)36(54)51-21-17-39(26-49,18-22-51)31-9-4-5-10-32(31)57-27(2)11-16-38(37(55)56)13-6-14-38/h4-5,9-10,12,19,23-25,27,33,35,53H,3,6-8,11,13-18,20-22H2,1-2H3,(H,55,56)/t27?,33-,35?,40+/m1/s1. The van der Waals surface area contributed by atoms with E-state index in [1.807, 2.05) is 6.92 Å². The fourth-order valence-corrected chi connectivity index (χ4v) is 9.64. The van der Waals surface area contributed by atoms with Gasteiger partial charge in [0.15, 0.2) is 0 Å². The van der Waals surface area contributed by atoms with Crippen LogP contribution >= 0.6 is 11.3 Å². The van der Waals surface area contributed by atoms with Crippen molar-refractivity contribution in [1.29, 1.82) is 5.26 Å². The van der Waals surface area contributed by atoms with Crippen LogP contribution in [0.1, 0.15) is 112 Å². The van der Waals surface area contributed by atoms with Crippen LogP contribution in [0.15, 0.2) is 54.2 Å². The number of carbonyl (C=O) groups is 2. The lowest BCUT2D eigenvalue weighted by molar-refractivity contribution is -0.174. The number of nitrogens with zero attached hydrogens (tertiary/aromatic N) is 4. The van der Waals surface area contributed by atoms with E-state index in [4.69, 9.17) is 9.47 Å². The lowest BCUT2D eigenvalue weighted by atomic mass is 9.66. The third kappa shape index (κ3) is 8.90. The molecule has 3 aromatic rings. The van der Waals surface area contributed by atoms with Gasteiger partial charge in [-0.2, -0.15) is 31.6 Å². The number of aromatic nitrogens is 1. The van der Waals surface area contributed by atoms with Crippen molar-refractivity contribution < 1.29 is 55.6 Å². The third-order valence-corrected chi connectivity index (χ3v) is 13.3. The molecule has 2 aliphatic heterocycles. The van der Waals surface area contributed by atoms with Gasteiger partial charge < -0.3 is 24.6 Å². The molecular formula is C42H48F6N4O6S. The molecule has 6 rings (SSSR count). The molecular weight excluding hydrogens is 803 g/mol. The van der Waals surface area contributed by atoms with Crippen LogP contribution in [-0.4, -0.2) is 74.3 Å². The number of hydrogen-bond donors (Lipinski definition) is 2. The zero-order chi connectivity index (χ0) is 42.8. The molecule has 0 radical (unpaired) electrons. The van der Waals surface area contributed by atoms with Crippen LogP contribution < -0.4 is 9.47 Å². The van der Waals surface area contributed by atoms with E-state index in [0.29, 0.717) is 54.8 Å². The van der Waals surface area contributed by atoms with E-state index in [9.17, 15) is 46.6 Å². The second kappa shape index (κ2) is 17.3. The van der Waals surface area contributed by atoms with E-state index >= 15 is 4.79 Å². The van der Waals surface area contributed by atoms with Crippen molar-refractivity contribution >= 4 is 23.2 Å². The highest BCUT2D eigenvalue weighted by atomic mass is 32.1. The van der Waals surface area contributed by atoms with Crippen molar-refractivity contribution in [2.45, 2.75) is 126 Å². The number of piperidine rings is 2. The number of para-hydroxylation sites is 1. The number of amides is 1. The number of aliphatic hydroxyl groups excluding tert-OH is 1. The molecule has 2 unspecified atom stereocenters. The maximum atomic E-state index is 15.1. The number of carboxylic acid groups (broad SMARTS) is 1. The molecule has 4 atom stereocenters. The number of hydrogen-bond acceptors (Lipinski definition) is 9. The number of aliphatic carboxylic acids is 1. The molecule has 3 aliphatic rings. The van der Waals surface area contributed by atoms with E-state index in [2.05, 4.69) is 11.1 Å². The zero-order valence-corrected chi connectivity index (χ0v) is 33.6. The molecule has 0 spiro atoms. The maximum absolute atomic E-state index is 15.1. The minimum Gasteiger partial charge on any atom is -0.490 e. The first-order valence-corrected chi connectivity index (χ1v) is 20.8. The van der Waals surface area contributed by atoms with Crippen LogP contribution in [0.4, 0.5) is 26.3 Å². The summed E-state index contributed by atoms with van der Waals surface area (Å²) >= 11 is 0.384. The van der Waals surface area contributed by atoms with Gasteiger partial charge in [0.2, 0.25) is 5.60 Å². The summed E-state index contributed by atoms with van der Waals surface area (Å²) in [5.74, 6) is -1.19. The topological polar surface area (TPSA) is 136 Å². The zero-order valence-electron chi connectivity index (χ0n) is 32.8. The van der Waals surface area contributed by atoms with Gasteiger partial charge in [-0.3, -0.25) is 19.5 Å². The quantitative estimate of drug-likeness (QED) is 0.152. The number of pyridine rings is 1. The van der Waals surface area contributed by atoms with E-state index < -0.39 is 68.9 Å². The van der Waals surface area contributed by atoms with Crippen molar-refractivity contribution in [3.05, 3.63) is 75.7 Å². The average Bonchev–Trinajstić information content (AvgIpc) is 3.67. The van der Waals surface area contributed by atoms with Crippen molar-refractivity contribution in [2.75, 3.05) is 19.6 Å². The summed E-state index contributed by atoms with van der Waals surface area (Å²) in [4.78, 5) is 32.8. The first-order chi connectivity index (χ1) is 27.9. The Morgan fingerprint density at radius 3 is 2.34 bits per heavy atom. The van der Waals surface area contributed by atoms with Gasteiger partial charge in [0.1, 0.15) is 22.6 Å². The number of thiophene rings is 1. The Balaban J connectivity index is 1.29. The molecule has 2 N–H and O–H groups in total. The summed E-state index contributed by atoms with van der Waals surface area (Å²) < 4.78 is 96.6. The molecule has 0 bridgehead atoms. The molecule has 17 heteroatoms. The summed E-state index contributed by atoms with van der Waals surface area (Å²) in [7, 11) is 0. The number of rotatable bonds is 14. The molecule has 1 saturated carbocycles. The van der Waals surface area contributed by atoms with E-state index in [1.54, 1.807) is 31.2 Å². The molecule has 1 aliphatic carbocycles. The Bertz CT molecular complexity index is 2010. The highest BCUT2D eigenvalue weighted by Crippen LogP contribution is 2.48. The Kier molecular flexibility index (Phi) is 12.9. The predicted octanol–water partition coefficient (Wildman–Crippen LogP) is 9.14. The Labute approximate surface area is 342 Å². The van der Waals surface area contributed by atoms with Crippen LogP contribution in [0.25, 0.3) is 0 Å². The van der Waals surface area contributed by atoms with Crippen LogP contribution in [0.5, 0.6) is 11.5 Å². The number of nitriles is 1. The van der Waals surface area contributed by atoms with Crippen molar-refractivity contribution in [1.82, 2.24) is 14.8 Å². The molecule has 2 aromatic heterocycles. The first kappa shape index (κ1) is 44.2. The molecule has 2 saturated heterocycles. The number of ether oxygens (including phenoxy) is 2. The fourth-order valence-electron chi connectivity index (χ4n) is 8.97. The Hall–Kier alpha value is -4.40. The number of aliphatic hydroxyl groups is 1. The smallest absolute Gasteiger partial charge is 0.425 e. The first-order valence-electron chi connectivity index (χ1n) is 19.9. The summed E-state index contributed by atoms with van der Waals surface area (Å²) in [6, 6.07) is 10.0. The van der Waals surface area contributed by atoms with Gasteiger partial charge in [-0.15, -0.1) is 11.3 Å². The molecule has 3 fully saturated rings. The van der Waals surface area contributed by atoms with Gasteiger partial charge in [0.25, 0.3) is 5.91 Å². The van der Waals surface area contributed by atoms with Gasteiger partial charge in [-0.1, -0.05) is 38.0 Å². The van der Waals surface area contributed by atoms with Crippen molar-refractivity contribution in [3.8, 4) is 17.6 Å². The highest BCUT2D eigenvalue weighted by Gasteiger charge is 2.57. The molecule has 4 heterocycles. The van der Waals surface area contributed by atoms with E-state index in [0.717, 1.165) is 36.3 Å². The molecule has 1 amide bonds. The minimum atomic E-state index is -4.84. The van der Waals surface area contributed by atoms with Crippen LogP contribution in [0, 0.1) is 16.7 Å². The maximum Gasteiger partial charge on any atom is 0.425 e. The number of carbonyl (C=O) groups excluding carboxylic acids is 1. The second-order valence-corrected chi connectivity index (χ2v) is 16.9. The monoisotopic (exact) mass is 850 g/mol. The SMILES string of the molecule is CCC[C@H]1N(C(O)c2cnccc2C(F)(F)F)CCC[C@@]1(Oc1csc(C(F)(F)F)c1)C(=O)N1CCC(C#N)(c2ccccc2OC(C)CCC2(C(=O)O)CCC2)CC1. The summed E-state index contributed by atoms with van der Waals surface area (Å²) in [5, 5.41) is 33.4. The molecule has 1 aromatic carbocycles. The highest BCUT2D eigenvalue weighted by molar-refractivity contribution is 7.10. The average molecular weight is 851 g/mol. The van der Waals surface area contributed by atoms with Crippen LogP contribution in [0.2, 0.25) is 0 Å². The second-order valence-electron chi connectivity index (χ2n) is 16.0. The van der Waals surface area contributed by atoms with Gasteiger partial charge in [0, 0.05) is 54.6 Å². The predicted molar refractivity (Wildman–Crippen MR) is 204 cm³/mol. The molecule has 320 valence electrons. The molecule has 10 nitrogen and oxygen atoms in total. The molecule has 59 heavy (non-hydrogen) atoms. The summed E-state index contributed by atoms with van der Waals surface area (Å²) in [6.07, 6.45) is -5.93. The van der Waals surface area contributed by atoms with Gasteiger partial charge in [-0.05, 0) is 76.8 Å². The summed E-state index contributed by atoms with van der Waals surface area (Å²) in [5.41, 5.74) is -4.83. The lowest BCUT2D eigenvalue weighted by Gasteiger charge is -2.52. The van der Waals surface area contributed by atoms with Crippen molar-refractivity contribution in [3.63, 3.8) is 0 Å². The summed E-state index contributed by atoms with van der Waals surface area (Å²) in [6.45, 7) is 3.75. The normalized spacial score (nSPS) is 23.1. The largest absolute Gasteiger partial charge is 0.490 e. The number of halogens is 6. The van der Waals surface area contributed by atoms with E-state index in [1.165, 1.54) is 9.80 Å². The number of likely N-dealkylation sites (tertiary alicyclic amines) is 2. The minimum absolute atomic E-state index is 0.00625. The van der Waals surface area contributed by atoms with Gasteiger partial charge in [-0.25, -0.2) is 0 Å². The van der Waals surface area contributed by atoms with Crippen LogP contribution in [0.3, 0.4) is 0 Å². The van der Waals surface area contributed by atoms with Crippen molar-refractivity contribution in [2.24, 2.45) is 5.41 Å². The van der Waals surface area contributed by atoms with Gasteiger partial charge in [0.05, 0.1) is 34.6 Å². The lowest BCUT2D eigenvalue weighted by Crippen LogP contribution is -2.68. The van der Waals surface area contributed by atoms with E-state index in [-0.39, 0.29) is 63.6 Å².